The highest BCUT2D eigenvalue weighted by Crippen LogP contribution is 2.25. The molecular weight excluding hydrogens is 262 g/mol. The van der Waals surface area contributed by atoms with Gasteiger partial charge in [-0.2, -0.15) is 0 Å². The second kappa shape index (κ2) is 5.81. The zero-order chi connectivity index (χ0) is 14.0. The van der Waals surface area contributed by atoms with Crippen molar-refractivity contribution in [1.29, 1.82) is 0 Å². The molecule has 1 saturated heterocycles. The van der Waals surface area contributed by atoms with Crippen LogP contribution < -0.4 is 10.6 Å². The Morgan fingerprint density at radius 2 is 2.42 bits per heavy atom. The van der Waals surface area contributed by atoms with E-state index >= 15 is 0 Å². The van der Waals surface area contributed by atoms with E-state index in [4.69, 9.17) is 22.7 Å². The van der Waals surface area contributed by atoms with E-state index < -0.39 is 0 Å². The molecule has 1 aromatic rings. The zero-order valence-electron chi connectivity index (χ0n) is 11.2. The van der Waals surface area contributed by atoms with Gasteiger partial charge >= 0.3 is 0 Å². The van der Waals surface area contributed by atoms with Crippen molar-refractivity contribution in [3.8, 4) is 0 Å². The molecule has 0 radical (unpaired) electrons. The van der Waals surface area contributed by atoms with Crippen LogP contribution in [0.5, 0.6) is 0 Å². The number of rotatable bonds is 3. The Labute approximate surface area is 118 Å². The monoisotopic (exact) mass is 281 g/mol. The standard InChI is InChI=1S/C13H19N3O2S/c1-8-3-4-15-13(11(8)12(14)19)16-5-10(6-17)18-7-9(16)2/h3-4,9-10,17H,5-7H2,1-2H3,(H2,14,19). The maximum Gasteiger partial charge on any atom is 0.139 e. The molecule has 2 heterocycles. The van der Waals surface area contributed by atoms with E-state index in [1.54, 1.807) is 6.20 Å². The molecule has 0 aliphatic carbocycles. The third kappa shape index (κ3) is 2.86. The highest BCUT2D eigenvalue weighted by atomic mass is 32.1. The number of pyridine rings is 1. The summed E-state index contributed by atoms with van der Waals surface area (Å²) in [6.07, 6.45) is 1.56. The molecule has 1 fully saturated rings. The van der Waals surface area contributed by atoms with Crippen molar-refractivity contribution >= 4 is 23.0 Å². The minimum Gasteiger partial charge on any atom is -0.394 e. The third-order valence-corrected chi connectivity index (χ3v) is 3.57. The minimum absolute atomic E-state index is 0.00254. The van der Waals surface area contributed by atoms with Crippen LogP contribution in [0.2, 0.25) is 0 Å². The summed E-state index contributed by atoms with van der Waals surface area (Å²) < 4.78 is 5.54. The van der Waals surface area contributed by atoms with Crippen LogP contribution in [-0.4, -0.2) is 47.0 Å². The average Bonchev–Trinajstić information content (AvgIpc) is 2.38. The van der Waals surface area contributed by atoms with Gasteiger partial charge in [0.25, 0.3) is 0 Å². The Hall–Kier alpha value is -1.24. The number of aromatic nitrogens is 1. The summed E-state index contributed by atoms with van der Waals surface area (Å²) in [7, 11) is 0. The molecule has 5 nitrogen and oxygen atoms in total. The van der Waals surface area contributed by atoms with E-state index in [2.05, 4.69) is 16.8 Å². The van der Waals surface area contributed by atoms with E-state index in [9.17, 15) is 5.11 Å². The number of aryl methyl sites for hydroxylation is 1. The lowest BCUT2D eigenvalue weighted by Gasteiger charge is -2.39. The summed E-state index contributed by atoms with van der Waals surface area (Å²) in [6.45, 7) is 5.16. The molecule has 2 atom stereocenters. The number of nitrogens with two attached hydrogens (primary N) is 1. The Kier molecular flexibility index (Phi) is 4.34. The van der Waals surface area contributed by atoms with Crippen LogP contribution in [0, 0.1) is 6.92 Å². The molecule has 19 heavy (non-hydrogen) atoms. The fourth-order valence-corrected chi connectivity index (χ4v) is 2.54. The lowest BCUT2D eigenvalue weighted by atomic mass is 10.1. The predicted molar refractivity (Wildman–Crippen MR) is 78.5 cm³/mol. The fraction of sp³-hybridized carbons (Fsp3) is 0.538. The number of anilines is 1. The molecule has 0 spiro atoms. The van der Waals surface area contributed by atoms with Gasteiger partial charge in [0.05, 0.1) is 30.9 Å². The third-order valence-electron chi connectivity index (χ3n) is 3.37. The summed E-state index contributed by atoms with van der Waals surface area (Å²) in [5, 5.41) is 9.25. The molecular formula is C13H19N3O2S. The number of aliphatic hydroxyl groups is 1. The summed E-state index contributed by atoms with van der Waals surface area (Å²) in [5.41, 5.74) is 7.64. The van der Waals surface area contributed by atoms with Crippen molar-refractivity contribution in [3.63, 3.8) is 0 Å². The van der Waals surface area contributed by atoms with E-state index in [0.717, 1.165) is 16.9 Å². The van der Waals surface area contributed by atoms with Crippen molar-refractivity contribution in [2.75, 3.05) is 24.7 Å². The Morgan fingerprint density at radius 3 is 3.05 bits per heavy atom. The second-order valence-corrected chi connectivity index (χ2v) is 5.27. The summed E-state index contributed by atoms with van der Waals surface area (Å²) in [4.78, 5) is 6.87. The quantitative estimate of drug-likeness (QED) is 0.791. The molecule has 1 aliphatic heterocycles. The van der Waals surface area contributed by atoms with Crippen LogP contribution in [-0.2, 0) is 4.74 Å². The molecule has 2 unspecified atom stereocenters. The highest BCUT2D eigenvalue weighted by molar-refractivity contribution is 7.80. The van der Waals surface area contributed by atoms with Crippen molar-refractivity contribution in [1.82, 2.24) is 4.98 Å². The van der Waals surface area contributed by atoms with Crippen molar-refractivity contribution in [2.24, 2.45) is 5.73 Å². The molecule has 0 saturated carbocycles. The minimum atomic E-state index is -0.197. The zero-order valence-corrected chi connectivity index (χ0v) is 12.0. The van der Waals surface area contributed by atoms with Gasteiger partial charge in [-0.15, -0.1) is 0 Å². The van der Waals surface area contributed by atoms with Gasteiger partial charge in [0.2, 0.25) is 0 Å². The topological polar surface area (TPSA) is 71.6 Å². The molecule has 3 N–H and O–H groups in total. The van der Waals surface area contributed by atoms with Gasteiger partial charge in [0.1, 0.15) is 10.8 Å². The van der Waals surface area contributed by atoms with Crippen LogP contribution in [0.15, 0.2) is 12.3 Å². The lowest BCUT2D eigenvalue weighted by molar-refractivity contribution is -0.0105. The van der Waals surface area contributed by atoms with Crippen LogP contribution >= 0.6 is 12.2 Å². The van der Waals surface area contributed by atoms with E-state index in [0.29, 0.717) is 18.1 Å². The summed E-state index contributed by atoms with van der Waals surface area (Å²) in [6, 6.07) is 2.07. The molecule has 1 aliphatic rings. The van der Waals surface area contributed by atoms with Gasteiger partial charge in [-0.05, 0) is 25.5 Å². The van der Waals surface area contributed by atoms with Crippen LogP contribution in [0.3, 0.4) is 0 Å². The second-order valence-electron chi connectivity index (χ2n) is 4.83. The van der Waals surface area contributed by atoms with Crippen LogP contribution in [0.1, 0.15) is 18.1 Å². The van der Waals surface area contributed by atoms with Gasteiger partial charge in [-0.25, -0.2) is 4.98 Å². The number of morpholine rings is 1. The van der Waals surface area contributed by atoms with Crippen molar-refractivity contribution in [2.45, 2.75) is 26.0 Å². The maximum absolute atomic E-state index is 9.25. The van der Waals surface area contributed by atoms with Crippen LogP contribution in [0.25, 0.3) is 0 Å². The fourth-order valence-electron chi connectivity index (χ4n) is 2.29. The molecule has 0 aromatic carbocycles. The number of hydrogen-bond acceptors (Lipinski definition) is 5. The predicted octanol–water partition coefficient (Wildman–Crippen LogP) is 0.610. The molecule has 0 amide bonds. The first-order valence-corrected chi connectivity index (χ1v) is 6.70. The van der Waals surface area contributed by atoms with Gasteiger partial charge < -0.3 is 20.5 Å². The number of hydrogen-bond donors (Lipinski definition) is 2. The smallest absolute Gasteiger partial charge is 0.139 e. The molecule has 0 bridgehead atoms. The lowest BCUT2D eigenvalue weighted by Crippen LogP contribution is -2.50. The van der Waals surface area contributed by atoms with Gasteiger partial charge in [0, 0.05) is 12.7 Å². The van der Waals surface area contributed by atoms with Crippen LogP contribution in [0.4, 0.5) is 5.82 Å². The Balaban J connectivity index is 2.39. The normalized spacial score (nSPS) is 23.4. The summed E-state index contributed by atoms with van der Waals surface area (Å²) in [5.74, 6) is 0.779. The first-order chi connectivity index (χ1) is 9.04. The largest absolute Gasteiger partial charge is 0.394 e. The Morgan fingerprint density at radius 1 is 1.68 bits per heavy atom. The van der Waals surface area contributed by atoms with Gasteiger partial charge in [-0.3, -0.25) is 0 Å². The first kappa shape index (κ1) is 14.2. The van der Waals surface area contributed by atoms with Gasteiger partial charge in [-0.1, -0.05) is 12.2 Å². The number of aliphatic hydroxyl groups excluding tert-OH is 1. The highest BCUT2D eigenvalue weighted by Gasteiger charge is 2.29. The molecule has 1 aromatic heterocycles. The molecule has 6 heteroatoms. The van der Waals surface area contributed by atoms with Crippen molar-refractivity contribution in [3.05, 3.63) is 23.4 Å². The number of ether oxygens (including phenoxy) is 1. The molecule has 2 rings (SSSR count). The maximum atomic E-state index is 9.25. The first-order valence-electron chi connectivity index (χ1n) is 6.29. The SMILES string of the molecule is Cc1ccnc(N2CC(CO)OCC2C)c1C(N)=S. The van der Waals surface area contributed by atoms with Crippen molar-refractivity contribution < 1.29 is 9.84 Å². The number of nitrogens with zero attached hydrogens (tertiary/aromatic N) is 2. The summed E-state index contributed by atoms with van der Waals surface area (Å²) >= 11 is 5.13. The Bertz CT molecular complexity index is 481. The van der Waals surface area contributed by atoms with E-state index in [1.807, 2.05) is 13.0 Å². The van der Waals surface area contributed by atoms with Gasteiger partial charge in [0.15, 0.2) is 0 Å². The average molecular weight is 281 g/mol. The molecule has 104 valence electrons. The number of thiocarbonyl (C=S) groups is 1. The van der Waals surface area contributed by atoms with E-state index in [1.165, 1.54) is 0 Å². The van der Waals surface area contributed by atoms with E-state index in [-0.39, 0.29) is 18.8 Å².